The lowest BCUT2D eigenvalue weighted by Crippen LogP contribution is -2.39. The van der Waals surface area contributed by atoms with Crippen molar-refractivity contribution in [1.82, 2.24) is 4.90 Å². The summed E-state index contributed by atoms with van der Waals surface area (Å²) in [7, 11) is 2.22. The van der Waals surface area contributed by atoms with E-state index in [0.717, 1.165) is 17.9 Å². The summed E-state index contributed by atoms with van der Waals surface area (Å²) in [5.41, 5.74) is 2.73. The summed E-state index contributed by atoms with van der Waals surface area (Å²) in [6, 6.07) is 9.39. The fraction of sp³-hybridized carbons (Fsp3) is 0.600. The lowest BCUT2D eigenvalue weighted by atomic mass is 10.1. The first-order chi connectivity index (χ1) is 8.76. The van der Waals surface area contributed by atoms with E-state index in [1.165, 1.54) is 37.2 Å². The molecular formula is C15H23BrN2. The summed E-state index contributed by atoms with van der Waals surface area (Å²) >= 11 is 3.58. The van der Waals surface area contributed by atoms with Crippen LogP contribution in [0.2, 0.25) is 0 Å². The maximum atomic E-state index is 3.58. The minimum atomic E-state index is 0.725. The fourth-order valence-electron chi connectivity index (χ4n) is 2.93. The average molecular weight is 311 g/mol. The Morgan fingerprint density at radius 3 is 2.89 bits per heavy atom. The van der Waals surface area contributed by atoms with Crippen LogP contribution in [0.15, 0.2) is 24.3 Å². The predicted molar refractivity (Wildman–Crippen MR) is 82.6 cm³/mol. The quantitative estimate of drug-likeness (QED) is 0.768. The summed E-state index contributed by atoms with van der Waals surface area (Å²) in [5, 5.41) is 0.926. The van der Waals surface area contributed by atoms with Crippen LogP contribution >= 0.6 is 15.9 Å². The second kappa shape index (κ2) is 6.58. The molecule has 1 aromatic carbocycles. The Morgan fingerprint density at radius 2 is 2.17 bits per heavy atom. The van der Waals surface area contributed by atoms with Gasteiger partial charge < -0.3 is 4.90 Å². The van der Waals surface area contributed by atoms with Gasteiger partial charge >= 0.3 is 0 Å². The molecule has 1 saturated heterocycles. The highest BCUT2D eigenvalue weighted by Gasteiger charge is 2.24. The number of benzene rings is 1. The van der Waals surface area contributed by atoms with Gasteiger partial charge in [-0.2, -0.15) is 0 Å². The van der Waals surface area contributed by atoms with Gasteiger partial charge in [0, 0.05) is 30.7 Å². The molecule has 2 rings (SSSR count). The smallest absolute Gasteiger partial charge is 0.0405 e. The first-order valence-electron chi connectivity index (χ1n) is 6.85. The number of hydrogen-bond donors (Lipinski definition) is 0. The summed E-state index contributed by atoms with van der Waals surface area (Å²) < 4.78 is 0. The predicted octanol–water partition coefficient (Wildman–Crippen LogP) is 3.50. The van der Waals surface area contributed by atoms with Gasteiger partial charge in [0.2, 0.25) is 0 Å². The monoisotopic (exact) mass is 310 g/mol. The molecule has 3 heteroatoms. The van der Waals surface area contributed by atoms with Crippen LogP contribution < -0.4 is 4.90 Å². The van der Waals surface area contributed by atoms with Gasteiger partial charge in [0.05, 0.1) is 0 Å². The standard InChI is InChI=1S/C15H23BrN2/c1-3-18-10-6-8-14(18)12-17(2)15-9-5-4-7-13(15)11-16/h4-5,7,9,14H,3,6,8,10-12H2,1-2H3. The highest BCUT2D eigenvalue weighted by molar-refractivity contribution is 9.08. The Labute approximate surface area is 119 Å². The number of para-hydroxylation sites is 1. The Kier molecular flexibility index (Phi) is 5.07. The van der Waals surface area contributed by atoms with Gasteiger partial charge in [-0.3, -0.25) is 4.90 Å². The number of likely N-dealkylation sites (tertiary alicyclic amines) is 1. The van der Waals surface area contributed by atoms with Crippen molar-refractivity contribution in [1.29, 1.82) is 0 Å². The highest BCUT2D eigenvalue weighted by Crippen LogP contribution is 2.24. The molecular weight excluding hydrogens is 288 g/mol. The van der Waals surface area contributed by atoms with Crippen LogP contribution in [0.3, 0.4) is 0 Å². The highest BCUT2D eigenvalue weighted by atomic mass is 79.9. The molecule has 0 aliphatic carbocycles. The van der Waals surface area contributed by atoms with Gasteiger partial charge in [0.1, 0.15) is 0 Å². The van der Waals surface area contributed by atoms with E-state index in [1.807, 2.05) is 0 Å². The normalized spacial score (nSPS) is 20.3. The molecule has 2 nitrogen and oxygen atoms in total. The van der Waals surface area contributed by atoms with Crippen molar-refractivity contribution < 1.29 is 0 Å². The van der Waals surface area contributed by atoms with E-state index >= 15 is 0 Å². The molecule has 1 heterocycles. The first-order valence-corrected chi connectivity index (χ1v) is 7.97. The van der Waals surface area contributed by atoms with Crippen LogP contribution in [0.25, 0.3) is 0 Å². The van der Waals surface area contributed by atoms with Crippen molar-refractivity contribution in [3.8, 4) is 0 Å². The molecule has 1 unspecified atom stereocenters. The molecule has 1 aromatic rings. The Balaban J connectivity index is 2.05. The maximum absolute atomic E-state index is 3.58. The van der Waals surface area contributed by atoms with Crippen LogP contribution in [0.1, 0.15) is 25.3 Å². The van der Waals surface area contributed by atoms with E-state index in [-0.39, 0.29) is 0 Å². The van der Waals surface area contributed by atoms with Crippen LogP contribution in [0.4, 0.5) is 5.69 Å². The molecule has 1 aliphatic rings. The van der Waals surface area contributed by atoms with Crippen LogP contribution in [0, 0.1) is 0 Å². The number of rotatable bonds is 5. The van der Waals surface area contributed by atoms with Crippen molar-refractivity contribution in [3.63, 3.8) is 0 Å². The van der Waals surface area contributed by atoms with E-state index in [4.69, 9.17) is 0 Å². The third-order valence-electron chi connectivity index (χ3n) is 3.94. The van der Waals surface area contributed by atoms with Crippen molar-refractivity contribution >= 4 is 21.6 Å². The molecule has 0 N–H and O–H groups in total. The van der Waals surface area contributed by atoms with E-state index in [9.17, 15) is 0 Å². The van der Waals surface area contributed by atoms with E-state index in [1.54, 1.807) is 0 Å². The van der Waals surface area contributed by atoms with Crippen molar-refractivity contribution in [3.05, 3.63) is 29.8 Å². The second-order valence-electron chi connectivity index (χ2n) is 5.07. The number of nitrogens with zero attached hydrogens (tertiary/aromatic N) is 2. The van der Waals surface area contributed by atoms with Gasteiger partial charge in [0.15, 0.2) is 0 Å². The van der Waals surface area contributed by atoms with E-state index in [0.29, 0.717) is 0 Å². The second-order valence-corrected chi connectivity index (χ2v) is 5.63. The molecule has 0 radical (unpaired) electrons. The van der Waals surface area contributed by atoms with Crippen LogP contribution in [-0.2, 0) is 5.33 Å². The molecule has 1 fully saturated rings. The molecule has 18 heavy (non-hydrogen) atoms. The lowest BCUT2D eigenvalue weighted by Gasteiger charge is -2.30. The molecule has 0 aromatic heterocycles. The minimum absolute atomic E-state index is 0.725. The van der Waals surface area contributed by atoms with Gasteiger partial charge in [-0.15, -0.1) is 0 Å². The zero-order valence-corrected chi connectivity index (χ0v) is 13.0. The topological polar surface area (TPSA) is 6.48 Å². The Morgan fingerprint density at radius 1 is 1.39 bits per heavy atom. The maximum Gasteiger partial charge on any atom is 0.0405 e. The number of halogens is 1. The third kappa shape index (κ3) is 3.07. The molecule has 0 saturated carbocycles. The zero-order valence-electron chi connectivity index (χ0n) is 11.4. The van der Waals surface area contributed by atoms with Crippen LogP contribution in [0.5, 0.6) is 0 Å². The van der Waals surface area contributed by atoms with Gasteiger partial charge in [-0.05, 0) is 37.6 Å². The summed E-state index contributed by atoms with van der Waals surface area (Å²) in [6.07, 6.45) is 2.70. The third-order valence-corrected chi connectivity index (χ3v) is 4.54. The fourth-order valence-corrected chi connectivity index (χ4v) is 3.40. The zero-order chi connectivity index (χ0) is 13.0. The van der Waals surface area contributed by atoms with Gasteiger partial charge in [0.25, 0.3) is 0 Å². The number of alkyl halides is 1. The summed E-state index contributed by atoms with van der Waals surface area (Å²) in [6.45, 7) is 5.86. The number of likely N-dealkylation sites (N-methyl/N-ethyl adjacent to an activating group) is 2. The van der Waals surface area contributed by atoms with E-state index < -0.39 is 0 Å². The minimum Gasteiger partial charge on any atom is -0.373 e. The van der Waals surface area contributed by atoms with Crippen molar-refractivity contribution in [2.75, 3.05) is 31.6 Å². The first kappa shape index (κ1) is 13.9. The molecule has 1 aliphatic heterocycles. The van der Waals surface area contributed by atoms with E-state index in [2.05, 4.69) is 64.0 Å². The number of hydrogen-bond acceptors (Lipinski definition) is 2. The molecule has 1 atom stereocenters. The average Bonchev–Trinajstić information content (AvgIpc) is 2.85. The Bertz CT molecular complexity index is 381. The van der Waals surface area contributed by atoms with Crippen molar-refractivity contribution in [2.45, 2.75) is 31.1 Å². The number of anilines is 1. The lowest BCUT2D eigenvalue weighted by molar-refractivity contribution is 0.270. The largest absolute Gasteiger partial charge is 0.373 e. The van der Waals surface area contributed by atoms with Gasteiger partial charge in [-0.1, -0.05) is 41.1 Å². The molecule has 0 spiro atoms. The SMILES string of the molecule is CCN1CCCC1CN(C)c1ccccc1CBr. The van der Waals surface area contributed by atoms with Crippen molar-refractivity contribution in [2.24, 2.45) is 0 Å². The molecule has 0 amide bonds. The Hall–Kier alpha value is -0.540. The van der Waals surface area contributed by atoms with Crippen LogP contribution in [-0.4, -0.2) is 37.6 Å². The molecule has 0 bridgehead atoms. The summed E-state index contributed by atoms with van der Waals surface area (Å²) in [4.78, 5) is 5.02. The molecule has 100 valence electrons. The van der Waals surface area contributed by atoms with Gasteiger partial charge in [-0.25, -0.2) is 0 Å². The summed E-state index contributed by atoms with van der Waals surface area (Å²) in [5.74, 6) is 0.